The Hall–Kier alpha value is -1.94. The minimum absolute atomic E-state index is 0.0950. The number of hydrogen-bond acceptors (Lipinski definition) is 2. The average molecular weight is 251 g/mol. The van der Waals surface area contributed by atoms with Crippen molar-refractivity contribution in [1.29, 1.82) is 0 Å². The van der Waals surface area contributed by atoms with Crippen molar-refractivity contribution in [2.24, 2.45) is 0 Å². The van der Waals surface area contributed by atoms with Gasteiger partial charge in [-0.15, -0.1) is 0 Å². The highest BCUT2D eigenvalue weighted by Gasteiger charge is 2.11. The molecule has 0 bridgehead atoms. The summed E-state index contributed by atoms with van der Waals surface area (Å²) in [7, 11) is 0. The molecule has 1 aromatic carbocycles. The maximum absolute atomic E-state index is 13.2. The molecule has 1 aromatic heterocycles. The SMILES string of the molecule is O=C(Nc1ccc(Cl)cc1)c1cccnc1F. The van der Waals surface area contributed by atoms with Gasteiger partial charge in [-0.3, -0.25) is 4.79 Å². The molecule has 0 unspecified atom stereocenters. The minimum Gasteiger partial charge on any atom is -0.322 e. The number of amides is 1. The van der Waals surface area contributed by atoms with E-state index in [1.54, 1.807) is 24.3 Å². The molecular weight excluding hydrogens is 243 g/mol. The number of anilines is 1. The molecule has 1 amide bonds. The van der Waals surface area contributed by atoms with Crippen LogP contribution in [0.1, 0.15) is 10.4 Å². The number of halogens is 2. The van der Waals surface area contributed by atoms with Gasteiger partial charge in [-0.25, -0.2) is 4.98 Å². The zero-order valence-electron chi connectivity index (χ0n) is 8.65. The number of carbonyl (C=O) groups is 1. The highest BCUT2D eigenvalue weighted by atomic mass is 35.5. The molecule has 1 N–H and O–H groups in total. The Balaban J connectivity index is 2.17. The highest BCUT2D eigenvalue weighted by Crippen LogP contribution is 2.14. The molecule has 0 fully saturated rings. The van der Waals surface area contributed by atoms with E-state index in [4.69, 9.17) is 11.6 Å². The van der Waals surface area contributed by atoms with Gasteiger partial charge >= 0.3 is 0 Å². The van der Waals surface area contributed by atoms with Gasteiger partial charge < -0.3 is 5.32 Å². The summed E-state index contributed by atoms with van der Waals surface area (Å²) >= 11 is 5.71. The van der Waals surface area contributed by atoms with Gasteiger partial charge in [0.1, 0.15) is 0 Å². The summed E-state index contributed by atoms with van der Waals surface area (Å²) in [5, 5.41) is 3.11. The van der Waals surface area contributed by atoms with Crippen LogP contribution in [0.3, 0.4) is 0 Å². The molecule has 0 atom stereocenters. The predicted molar refractivity (Wildman–Crippen MR) is 63.6 cm³/mol. The van der Waals surface area contributed by atoms with Crippen LogP contribution in [0.4, 0.5) is 10.1 Å². The number of nitrogens with one attached hydrogen (secondary N) is 1. The zero-order chi connectivity index (χ0) is 12.3. The van der Waals surface area contributed by atoms with Crippen molar-refractivity contribution in [2.45, 2.75) is 0 Å². The van der Waals surface area contributed by atoms with Gasteiger partial charge in [-0.05, 0) is 36.4 Å². The summed E-state index contributed by atoms with van der Waals surface area (Å²) in [5.41, 5.74) is 0.449. The summed E-state index contributed by atoms with van der Waals surface area (Å²) in [6.45, 7) is 0. The first kappa shape index (κ1) is 11.5. The van der Waals surface area contributed by atoms with E-state index < -0.39 is 11.9 Å². The molecule has 0 saturated carbocycles. The van der Waals surface area contributed by atoms with E-state index in [9.17, 15) is 9.18 Å². The topological polar surface area (TPSA) is 42.0 Å². The van der Waals surface area contributed by atoms with Crippen LogP contribution in [0.25, 0.3) is 0 Å². The molecule has 86 valence electrons. The van der Waals surface area contributed by atoms with Crippen molar-refractivity contribution in [2.75, 3.05) is 5.32 Å². The molecular formula is C12H8ClFN2O. The van der Waals surface area contributed by atoms with E-state index in [0.717, 1.165) is 0 Å². The lowest BCUT2D eigenvalue weighted by Crippen LogP contribution is -2.14. The van der Waals surface area contributed by atoms with Gasteiger partial charge in [0, 0.05) is 16.9 Å². The van der Waals surface area contributed by atoms with Crippen molar-refractivity contribution >= 4 is 23.2 Å². The lowest BCUT2D eigenvalue weighted by molar-refractivity contribution is 0.102. The molecule has 0 aliphatic rings. The third-order valence-corrected chi connectivity index (χ3v) is 2.36. The van der Waals surface area contributed by atoms with Gasteiger partial charge in [0.05, 0.1) is 5.56 Å². The van der Waals surface area contributed by atoms with Crippen molar-refractivity contribution in [1.82, 2.24) is 4.98 Å². The predicted octanol–water partition coefficient (Wildman–Crippen LogP) is 3.13. The van der Waals surface area contributed by atoms with Gasteiger partial charge in [0.15, 0.2) is 0 Å². The van der Waals surface area contributed by atoms with Crippen LogP contribution in [0.2, 0.25) is 5.02 Å². The monoisotopic (exact) mass is 250 g/mol. The second-order valence-electron chi connectivity index (χ2n) is 3.30. The second-order valence-corrected chi connectivity index (χ2v) is 3.74. The fourth-order valence-corrected chi connectivity index (χ4v) is 1.41. The number of carbonyl (C=O) groups excluding carboxylic acids is 1. The first-order valence-corrected chi connectivity index (χ1v) is 5.22. The number of hydrogen-bond donors (Lipinski definition) is 1. The Morgan fingerprint density at radius 2 is 1.94 bits per heavy atom. The number of benzene rings is 1. The molecule has 0 spiro atoms. The Bertz CT molecular complexity index is 542. The lowest BCUT2D eigenvalue weighted by Gasteiger charge is -2.05. The second kappa shape index (κ2) is 4.93. The minimum atomic E-state index is -0.793. The molecule has 0 saturated heterocycles. The highest BCUT2D eigenvalue weighted by molar-refractivity contribution is 6.30. The lowest BCUT2D eigenvalue weighted by atomic mass is 10.2. The van der Waals surface area contributed by atoms with Crippen molar-refractivity contribution in [3.05, 3.63) is 59.1 Å². The molecule has 0 radical (unpaired) electrons. The van der Waals surface area contributed by atoms with Crippen molar-refractivity contribution < 1.29 is 9.18 Å². The number of pyridine rings is 1. The van der Waals surface area contributed by atoms with Crippen LogP contribution in [0, 0.1) is 5.95 Å². The van der Waals surface area contributed by atoms with Gasteiger partial charge in [-0.2, -0.15) is 4.39 Å². The third-order valence-electron chi connectivity index (χ3n) is 2.11. The van der Waals surface area contributed by atoms with Crippen molar-refractivity contribution in [3.63, 3.8) is 0 Å². The van der Waals surface area contributed by atoms with E-state index >= 15 is 0 Å². The average Bonchev–Trinajstić information content (AvgIpc) is 2.32. The normalized spacial score (nSPS) is 10.0. The van der Waals surface area contributed by atoms with Crippen LogP contribution in [-0.2, 0) is 0 Å². The van der Waals surface area contributed by atoms with Gasteiger partial charge in [0.2, 0.25) is 5.95 Å². The largest absolute Gasteiger partial charge is 0.322 e. The molecule has 17 heavy (non-hydrogen) atoms. The number of nitrogens with zero attached hydrogens (tertiary/aromatic N) is 1. The maximum atomic E-state index is 13.2. The fraction of sp³-hybridized carbons (Fsp3) is 0. The summed E-state index contributed by atoms with van der Waals surface area (Å²) in [6.07, 6.45) is 1.29. The first-order chi connectivity index (χ1) is 8.16. The third kappa shape index (κ3) is 2.79. The molecule has 0 aliphatic heterocycles. The van der Waals surface area contributed by atoms with Crippen LogP contribution in [0.15, 0.2) is 42.6 Å². The summed E-state index contributed by atoms with van der Waals surface area (Å²) in [6, 6.07) is 9.41. The molecule has 2 aromatic rings. The van der Waals surface area contributed by atoms with Gasteiger partial charge in [0.25, 0.3) is 5.91 Å². The molecule has 2 rings (SSSR count). The fourth-order valence-electron chi connectivity index (χ4n) is 1.29. The number of aromatic nitrogens is 1. The molecule has 1 heterocycles. The molecule has 3 nitrogen and oxygen atoms in total. The summed E-state index contributed by atoms with van der Waals surface area (Å²) < 4.78 is 13.2. The van der Waals surface area contributed by atoms with E-state index in [1.807, 2.05) is 0 Å². The Labute approximate surface area is 102 Å². The summed E-state index contributed by atoms with van der Waals surface area (Å²) in [4.78, 5) is 15.1. The van der Waals surface area contributed by atoms with Crippen LogP contribution in [-0.4, -0.2) is 10.9 Å². The van der Waals surface area contributed by atoms with E-state index in [2.05, 4.69) is 10.3 Å². The number of rotatable bonds is 2. The van der Waals surface area contributed by atoms with Gasteiger partial charge in [-0.1, -0.05) is 11.6 Å². The first-order valence-electron chi connectivity index (χ1n) is 4.84. The standard InChI is InChI=1S/C12H8ClFN2O/c13-8-3-5-9(6-4-8)16-12(17)10-2-1-7-15-11(10)14/h1-7H,(H,16,17). The summed E-state index contributed by atoms with van der Waals surface area (Å²) in [5.74, 6) is -1.34. The quantitative estimate of drug-likeness (QED) is 0.832. The molecule has 0 aliphatic carbocycles. The van der Waals surface area contributed by atoms with Crippen molar-refractivity contribution in [3.8, 4) is 0 Å². The Morgan fingerprint density at radius 1 is 1.24 bits per heavy atom. The Kier molecular flexibility index (Phi) is 3.35. The van der Waals surface area contributed by atoms with E-state index in [0.29, 0.717) is 10.7 Å². The van der Waals surface area contributed by atoms with Crippen LogP contribution < -0.4 is 5.32 Å². The maximum Gasteiger partial charge on any atom is 0.260 e. The van der Waals surface area contributed by atoms with Crippen LogP contribution >= 0.6 is 11.6 Å². The zero-order valence-corrected chi connectivity index (χ0v) is 9.41. The Morgan fingerprint density at radius 3 is 2.59 bits per heavy atom. The smallest absolute Gasteiger partial charge is 0.260 e. The van der Waals surface area contributed by atoms with E-state index in [-0.39, 0.29) is 5.56 Å². The molecule has 5 heteroatoms. The van der Waals surface area contributed by atoms with E-state index in [1.165, 1.54) is 18.3 Å². The van der Waals surface area contributed by atoms with Crippen LogP contribution in [0.5, 0.6) is 0 Å².